The van der Waals surface area contributed by atoms with Crippen LogP contribution in [0.2, 0.25) is 0 Å². The smallest absolute Gasteiger partial charge is 0.343 e. The fourth-order valence-electron chi connectivity index (χ4n) is 7.18. The number of pyridine rings is 2. The summed E-state index contributed by atoms with van der Waals surface area (Å²) in [7, 11) is 0. The lowest BCUT2D eigenvalue weighted by atomic mass is 9.81. The SMILES string of the molecule is CC[C@@]1(O)C(=O)OCc2c1cc1n(c2=O)Cc2c-1nc1cc(F)c(C)c3c1c2[C@@H](NC(=O)C1(O)CCCC1)CC3. The molecule has 40 heavy (non-hydrogen) atoms. The maximum Gasteiger partial charge on any atom is 0.343 e. The van der Waals surface area contributed by atoms with Crippen LogP contribution < -0.4 is 10.9 Å². The zero-order valence-electron chi connectivity index (χ0n) is 22.4. The van der Waals surface area contributed by atoms with Gasteiger partial charge in [-0.05, 0) is 74.6 Å². The van der Waals surface area contributed by atoms with Crippen molar-refractivity contribution in [1.29, 1.82) is 0 Å². The van der Waals surface area contributed by atoms with E-state index in [0.717, 1.165) is 34.9 Å². The second-order valence-corrected chi connectivity index (χ2v) is 11.6. The van der Waals surface area contributed by atoms with Crippen molar-refractivity contribution in [2.45, 2.75) is 89.2 Å². The van der Waals surface area contributed by atoms with Crippen molar-refractivity contribution >= 4 is 22.8 Å². The Balaban J connectivity index is 1.46. The second-order valence-electron chi connectivity index (χ2n) is 11.6. The maximum absolute atomic E-state index is 15.1. The van der Waals surface area contributed by atoms with Gasteiger partial charge in [-0.3, -0.25) is 9.59 Å². The zero-order chi connectivity index (χ0) is 28.1. The molecular weight excluding hydrogens is 517 g/mol. The summed E-state index contributed by atoms with van der Waals surface area (Å²) < 4.78 is 21.8. The Morgan fingerprint density at radius 3 is 2.67 bits per heavy atom. The van der Waals surface area contributed by atoms with E-state index >= 15 is 4.39 Å². The third-order valence-electron chi connectivity index (χ3n) is 9.54. The minimum absolute atomic E-state index is 0.0237. The van der Waals surface area contributed by atoms with Gasteiger partial charge in [0.05, 0.1) is 35.1 Å². The molecule has 0 bridgehead atoms. The molecular formula is C30H30FN3O6. The van der Waals surface area contributed by atoms with Crippen LogP contribution in [0.5, 0.6) is 0 Å². The van der Waals surface area contributed by atoms with Crippen LogP contribution in [0.1, 0.15) is 84.9 Å². The molecule has 7 rings (SSSR count). The molecule has 10 heteroatoms. The Labute approximate surface area is 229 Å². The molecule has 1 fully saturated rings. The number of fused-ring (bicyclic) bond motifs is 5. The van der Waals surface area contributed by atoms with Crippen molar-refractivity contribution in [2.24, 2.45) is 0 Å². The van der Waals surface area contributed by atoms with Crippen LogP contribution in [0.25, 0.3) is 22.3 Å². The zero-order valence-corrected chi connectivity index (χ0v) is 22.4. The molecule has 2 atom stereocenters. The maximum atomic E-state index is 15.1. The van der Waals surface area contributed by atoms with Gasteiger partial charge in [0, 0.05) is 22.6 Å². The molecule has 3 N–H and O–H groups in total. The van der Waals surface area contributed by atoms with Crippen molar-refractivity contribution in [3.05, 3.63) is 61.7 Å². The number of benzene rings is 1. The molecule has 4 aliphatic rings. The Morgan fingerprint density at radius 1 is 1.20 bits per heavy atom. The van der Waals surface area contributed by atoms with E-state index in [9.17, 15) is 24.6 Å². The topological polar surface area (TPSA) is 131 Å². The van der Waals surface area contributed by atoms with Crippen LogP contribution in [0.3, 0.4) is 0 Å². The number of nitrogens with zero attached hydrogens (tertiary/aromatic N) is 2. The van der Waals surface area contributed by atoms with Crippen LogP contribution >= 0.6 is 0 Å². The number of aryl methyl sites for hydroxylation is 1. The highest BCUT2D eigenvalue weighted by molar-refractivity contribution is 5.94. The average molecular weight is 548 g/mol. The normalized spacial score (nSPS) is 23.9. The Morgan fingerprint density at radius 2 is 1.95 bits per heavy atom. The molecule has 0 radical (unpaired) electrons. The molecule has 2 aromatic heterocycles. The van der Waals surface area contributed by atoms with Crippen LogP contribution in [-0.2, 0) is 39.5 Å². The summed E-state index contributed by atoms with van der Waals surface area (Å²) in [6.45, 7) is 3.31. The quantitative estimate of drug-likeness (QED) is 0.336. The lowest BCUT2D eigenvalue weighted by Gasteiger charge is -2.32. The van der Waals surface area contributed by atoms with Crippen LogP contribution in [0.15, 0.2) is 16.9 Å². The molecule has 1 amide bonds. The van der Waals surface area contributed by atoms with E-state index in [0.29, 0.717) is 48.2 Å². The number of carbonyl (C=O) groups is 2. The molecule has 1 aromatic carbocycles. The first-order valence-electron chi connectivity index (χ1n) is 13.9. The summed E-state index contributed by atoms with van der Waals surface area (Å²) in [5, 5.41) is 26.0. The van der Waals surface area contributed by atoms with Crippen molar-refractivity contribution in [3.63, 3.8) is 0 Å². The standard InChI is InChI=1S/C30H30FN3O6/c1-3-30(39)18-10-22-25-16(12-34(22)26(35)17(18)13-40-28(30)37)24-20(33-27(36)29(38)8-4-5-9-29)7-6-15-14(2)19(31)11-21(32-25)23(15)24/h10-11,20,38-39H,3-9,12-13H2,1-2H3,(H,33,36)/t20-,30-/m0/s1. The van der Waals surface area contributed by atoms with Gasteiger partial charge >= 0.3 is 5.97 Å². The molecule has 2 aliphatic heterocycles. The number of esters is 1. The summed E-state index contributed by atoms with van der Waals surface area (Å²) in [5.41, 5.74) is 0.812. The number of nitrogens with one attached hydrogen (secondary N) is 1. The number of hydrogen-bond donors (Lipinski definition) is 3. The van der Waals surface area contributed by atoms with Gasteiger partial charge in [-0.25, -0.2) is 14.2 Å². The minimum atomic E-state index is -1.96. The van der Waals surface area contributed by atoms with Gasteiger partial charge in [0.25, 0.3) is 11.5 Å². The highest BCUT2D eigenvalue weighted by atomic mass is 19.1. The number of cyclic esters (lactones) is 1. The van der Waals surface area contributed by atoms with Gasteiger partial charge < -0.3 is 24.8 Å². The summed E-state index contributed by atoms with van der Waals surface area (Å²) in [6.07, 6.45) is 3.43. The average Bonchev–Trinajstić information content (AvgIpc) is 3.55. The van der Waals surface area contributed by atoms with E-state index in [1.807, 2.05) is 0 Å². The minimum Gasteiger partial charge on any atom is -0.458 e. The van der Waals surface area contributed by atoms with Crippen molar-refractivity contribution in [3.8, 4) is 11.4 Å². The fraction of sp³-hybridized carbons (Fsp3) is 0.467. The summed E-state index contributed by atoms with van der Waals surface area (Å²) in [6, 6.07) is 2.54. The van der Waals surface area contributed by atoms with Crippen molar-refractivity contribution in [1.82, 2.24) is 14.9 Å². The van der Waals surface area contributed by atoms with Gasteiger partial charge in [0.15, 0.2) is 5.60 Å². The number of halogens is 1. The summed E-state index contributed by atoms with van der Waals surface area (Å²) in [4.78, 5) is 44.4. The van der Waals surface area contributed by atoms with E-state index in [1.165, 1.54) is 6.07 Å². The van der Waals surface area contributed by atoms with Gasteiger partial charge in [0.2, 0.25) is 0 Å². The van der Waals surface area contributed by atoms with E-state index < -0.39 is 29.1 Å². The van der Waals surface area contributed by atoms with Gasteiger partial charge in [-0.1, -0.05) is 6.92 Å². The number of aromatic nitrogens is 2. The molecule has 4 heterocycles. The first-order chi connectivity index (χ1) is 19.1. The number of rotatable bonds is 3. The number of ether oxygens (including phenoxy) is 1. The summed E-state index contributed by atoms with van der Waals surface area (Å²) in [5.74, 6) is -1.60. The van der Waals surface area contributed by atoms with Crippen molar-refractivity contribution in [2.75, 3.05) is 0 Å². The highest BCUT2D eigenvalue weighted by Gasteiger charge is 2.46. The molecule has 0 spiro atoms. The number of carbonyl (C=O) groups excluding carboxylic acids is 2. The van der Waals surface area contributed by atoms with E-state index in [4.69, 9.17) is 9.72 Å². The first kappa shape index (κ1) is 25.3. The van der Waals surface area contributed by atoms with Gasteiger partial charge in [-0.15, -0.1) is 0 Å². The van der Waals surface area contributed by atoms with E-state index in [1.54, 1.807) is 24.5 Å². The van der Waals surface area contributed by atoms with Gasteiger partial charge in [0.1, 0.15) is 18.0 Å². The van der Waals surface area contributed by atoms with Gasteiger partial charge in [-0.2, -0.15) is 0 Å². The monoisotopic (exact) mass is 547 g/mol. The van der Waals surface area contributed by atoms with Crippen LogP contribution in [0.4, 0.5) is 4.39 Å². The molecule has 208 valence electrons. The number of hydrogen-bond acceptors (Lipinski definition) is 7. The molecule has 2 aliphatic carbocycles. The third-order valence-corrected chi connectivity index (χ3v) is 9.54. The lowest BCUT2D eigenvalue weighted by Crippen LogP contribution is -2.46. The Bertz CT molecular complexity index is 1720. The molecule has 1 saturated carbocycles. The molecule has 0 unspecified atom stereocenters. The van der Waals surface area contributed by atoms with Crippen LogP contribution in [0, 0.1) is 12.7 Å². The predicted molar refractivity (Wildman–Crippen MR) is 142 cm³/mol. The molecule has 9 nitrogen and oxygen atoms in total. The lowest BCUT2D eigenvalue weighted by molar-refractivity contribution is -0.172. The third kappa shape index (κ3) is 3.26. The van der Waals surface area contributed by atoms with Crippen LogP contribution in [-0.4, -0.2) is 37.2 Å². The second kappa shape index (κ2) is 8.44. The Hall–Kier alpha value is -3.63. The highest BCUT2D eigenvalue weighted by Crippen LogP contribution is 2.46. The first-order valence-corrected chi connectivity index (χ1v) is 13.9. The molecule has 0 saturated heterocycles. The summed E-state index contributed by atoms with van der Waals surface area (Å²) >= 11 is 0. The van der Waals surface area contributed by atoms with E-state index in [-0.39, 0.29) is 42.1 Å². The molecule has 3 aromatic rings. The number of amides is 1. The number of aliphatic hydroxyl groups is 2. The predicted octanol–water partition coefficient (Wildman–Crippen LogP) is 2.94. The van der Waals surface area contributed by atoms with E-state index in [2.05, 4.69) is 5.32 Å². The Kier molecular flexibility index (Phi) is 5.35. The largest absolute Gasteiger partial charge is 0.458 e. The fourth-order valence-corrected chi connectivity index (χ4v) is 7.18. The van der Waals surface area contributed by atoms with Crippen molar-refractivity contribution < 1.29 is 28.9 Å².